The van der Waals surface area contributed by atoms with Crippen LogP contribution in [0.3, 0.4) is 0 Å². The molecule has 2 heterocycles. The number of fused-ring (bicyclic) bond motifs is 1. The summed E-state index contributed by atoms with van der Waals surface area (Å²) in [6.07, 6.45) is 0. The highest BCUT2D eigenvalue weighted by Gasteiger charge is 2.15. The van der Waals surface area contributed by atoms with Crippen LogP contribution < -0.4 is 5.56 Å². The van der Waals surface area contributed by atoms with Gasteiger partial charge in [-0.2, -0.15) is 0 Å². The molecule has 6 heteroatoms. The van der Waals surface area contributed by atoms with Crippen LogP contribution in [0.15, 0.2) is 69.1 Å². The van der Waals surface area contributed by atoms with Gasteiger partial charge in [0.1, 0.15) is 5.82 Å². The first-order valence-electron chi connectivity index (χ1n) is 7.87. The van der Waals surface area contributed by atoms with Gasteiger partial charge >= 0.3 is 0 Å². The zero-order valence-corrected chi connectivity index (χ0v) is 15.1. The molecule has 1 unspecified atom stereocenters. The van der Waals surface area contributed by atoms with E-state index in [0.717, 1.165) is 21.1 Å². The smallest absolute Gasteiger partial charge is 0.258 e. The summed E-state index contributed by atoms with van der Waals surface area (Å²) in [5.41, 5.74) is 2.70. The van der Waals surface area contributed by atoms with Gasteiger partial charge in [-0.25, -0.2) is 9.97 Å². The molecule has 1 atom stereocenters. The van der Waals surface area contributed by atoms with Gasteiger partial charge in [-0.1, -0.05) is 54.2 Å². The third kappa shape index (κ3) is 3.36. The number of aromatic amines is 1. The number of thioether (sulfide) groups is 1. The van der Waals surface area contributed by atoms with Crippen molar-refractivity contribution in [2.24, 2.45) is 0 Å². The van der Waals surface area contributed by atoms with Crippen LogP contribution in [0.1, 0.15) is 18.0 Å². The van der Waals surface area contributed by atoms with E-state index in [1.54, 1.807) is 29.2 Å². The van der Waals surface area contributed by atoms with Gasteiger partial charge in [0, 0.05) is 10.9 Å². The molecular weight excluding hydrogens is 350 g/mol. The van der Waals surface area contributed by atoms with E-state index >= 15 is 0 Å². The molecule has 4 aromatic rings. The topological polar surface area (TPSA) is 58.6 Å². The lowest BCUT2D eigenvalue weighted by molar-refractivity contribution is 0.921. The number of hydrogen-bond acceptors (Lipinski definition) is 5. The Morgan fingerprint density at radius 2 is 1.80 bits per heavy atom. The van der Waals surface area contributed by atoms with Gasteiger partial charge in [0.15, 0.2) is 4.34 Å². The molecule has 0 aliphatic carbocycles. The lowest BCUT2D eigenvalue weighted by Gasteiger charge is -2.09. The number of para-hydroxylation sites is 1. The number of thiazole rings is 1. The van der Waals surface area contributed by atoms with Crippen LogP contribution >= 0.6 is 23.1 Å². The van der Waals surface area contributed by atoms with E-state index in [2.05, 4.69) is 27.5 Å². The van der Waals surface area contributed by atoms with Crippen LogP contribution in [-0.4, -0.2) is 15.0 Å². The van der Waals surface area contributed by atoms with Gasteiger partial charge in [-0.15, -0.1) is 11.3 Å². The van der Waals surface area contributed by atoms with Crippen LogP contribution in [0, 0.1) is 0 Å². The molecule has 0 aliphatic rings. The predicted octanol–water partition coefficient (Wildman–Crippen LogP) is 4.90. The minimum absolute atomic E-state index is 0.00656. The molecule has 1 N–H and O–H groups in total. The molecule has 0 spiro atoms. The predicted molar refractivity (Wildman–Crippen MR) is 104 cm³/mol. The second-order valence-corrected chi connectivity index (χ2v) is 8.04. The molecule has 2 aromatic heterocycles. The summed E-state index contributed by atoms with van der Waals surface area (Å²) in [5, 5.41) is 2.68. The number of H-pyrrole nitrogens is 1. The number of benzene rings is 2. The van der Waals surface area contributed by atoms with Crippen LogP contribution in [0.4, 0.5) is 0 Å². The Hall–Kier alpha value is -2.44. The first-order chi connectivity index (χ1) is 12.2. The Morgan fingerprint density at radius 1 is 1.04 bits per heavy atom. The zero-order valence-electron chi connectivity index (χ0n) is 13.5. The maximum Gasteiger partial charge on any atom is 0.258 e. The number of rotatable bonds is 4. The third-order valence-corrected chi connectivity index (χ3v) is 5.93. The van der Waals surface area contributed by atoms with Crippen molar-refractivity contribution in [2.45, 2.75) is 16.5 Å². The maximum absolute atomic E-state index is 12.2. The summed E-state index contributed by atoms with van der Waals surface area (Å²) in [5.74, 6) is 0.671. The van der Waals surface area contributed by atoms with Gasteiger partial charge in [-0.05, 0) is 19.1 Å². The average molecular weight is 365 g/mol. The lowest BCUT2D eigenvalue weighted by atomic mass is 10.2. The van der Waals surface area contributed by atoms with Gasteiger partial charge in [-0.3, -0.25) is 4.79 Å². The van der Waals surface area contributed by atoms with E-state index in [1.807, 2.05) is 43.3 Å². The Kier molecular flexibility index (Phi) is 4.38. The summed E-state index contributed by atoms with van der Waals surface area (Å²) in [7, 11) is 0. The summed E-state index contributed by atoms with van der Waals surface area (Å²) < 4.78 is 0.960. The summed E-state index contributed by atoms with van der Waals surface area (Å²) in [4.78, 5) is 24.4. The first kappa shape index (κ1) is 16.1. The van der Waals surface area contributed by atoms with E-state index in [-0.39, 0.29) is 10.8 Å². The van der Waals surface area contributed by atoms with Crippen LogP contribution in [0.2, 0.25) is 0 Å². The van der Waals surface area contributed by atoms with E-state index < -0.39 is 0 Å². The Morgan fingerprint density at radius 3 is 2.64 bits per heavy atom. The molecule has 0 radical (unpaired) electrons. The second kappa shape index (κ2) is 6.82. The van der Waals surface area contributed by atoms with Gasteiger partial charge in [0.05, 0.1) is 21.8 Å². The van der Waals surface area contributed by atoms with Crippen LogP contribution in [0.5, 0.6) is 0 Å². The molecule has 0 aliphatic heterocycles. The molecule has 2 aromatic carbocycles. The van der Waals surface area contributed by atoms with E-state index in [4.69, 9.17) is 4.98 Å². The summed E-state index contributed by atoms with van der Waals surface area (Å²) >= 11 is 3.21. The lowest BCUT2D eigenvalue weighted by Crippen LogP contribution is -2.12. The fraction of sp³-hybridized carbons (Fsp3) is 0.105. The van der Waals surface area contributed by atoms with Crippen molar-refractivity contribution in [2.75, 3.05) is 0 Å². The number of nitrogens with zero attached hydrogens (tertiary/aromatic N) is 2. The Bertz CT molecular complexity index is 1070. The second-order valence-electron chi connectivity index (χ2n) is 5.59. The molecular formula is C19H15N3OS2. The highest BCUT2D eigenvalue weighted by Crippen LogP contribution is 2.36. The molecule has 0 bridgehead atoms. The SMILES string of the molecule is CC(Sc1nc(-c2ccccc2)cs1)c1nc2ccccc2c(=O)[nH]1. The molecule has 0 saturated carbocycles. The summed E-state index contributed by atoms with van der Waals surface area (Å²) in [6.45, 7) is 2.03. The van der Waals surface area contributed by atoms with Crippen molar-refractivity contribution in [1.29, 1.82) is 0 Å². The van der Waals surface area contributed by atoms with E-state index in [9.17, 15) is 4.79 Å². The fourth-order valence-electron chi connectivity index (χ4n) is 2.56. The first-order valence-corrected chi connectivity index (χ1v) is 9.63. The van der Waals surface area contributed by atoms with Crippen LogP contribution in [0.25, 0.3) is 22.2 Å². The van der Waals surface area contributed by atoms with Crippen molar-refractivity contribution in [3.8, 4) is 11.3 Å². The minimum Gasteiger partial charge on any atom is -0.309 e. The van der Waals surface area contributed by atoms with Crippen molar-refractivity contribution in [3.63, 3.8) is 0 Å². The highest BCUT2D eigenvalue weighted by atomic mass is 32.2. The fourth-order valence-corrected chi connectivity index (χ4v) is 4.59. The van der Waals surface area contributed by atoms with Gasteiger partial charge in [0.25, 0.3) is 5.56 Å². The molecule has 0 amide bonds. The zero-order chi connectivity index (χ0) is 17.2. The van der Waals surface area contributed by atoms with Crippen molar-refractivity contribution < 1.29 is 0 Å². The molecule has 4 nitrogen and oxygen atoms in total. The Balaban J connectivity index is 1.59. The third-order valence-electron chi connectivity index (χ3n) is 3.85. The number of aromatic nitrogens is 3. The molecule has 25 heavy (non-hydrogen) atoms. The number of hydrogen-bond donors (Lipinski definition) is 1. The molecule has 124 valence electrons. The quantitative estimate of drug-likeness (QED) is 0.523. The Labute approximate surface area is 153 Å². The minimum atomic E-state index is -0.0998. The van der Waals surface area contributed by atoms with Crippen molar-refractivity contribution in [1.82, 2.24) is 15.0 Å². The summed E-state index contributed by atoms with van der Waals surface area (Å²) in [6, 6.07) is 17.5. The molecule has 0 fully saturated rings. The largest absolute Gasteiger partial charge is 0.309 e. The van der Waals surface area contributed by atoms with Gasteiger partial charge in [0.2, 0.25) is 0 Å². The number of nitrogens with one attached hydrogen (secondary N) is 1. The monoisotopic (exact) mass is 365 g/mol. The molecule has 4 rings (SSSR count). The van der Waals surface area contributed by atoms with E-state index in [0.29, 0.717) is 11.2 Å². The molecule has 0 saturated heterocycles. The highest BCUT2D eigenvalue weighted by molar-refractivity contribution is 8.01. The van der Waals surface area contributed by atoms with E-state index in [1.165, 1.54) is 0 Å². The van der Waals surface area contributed by atoms with Crippen molar-refractivity contribution >= 4 is 34.0 Å². The van der Waals surface area contributed by atoms with Crippen molar-refractivity contribution in [3.05, 3.63) is 76.2 Å². The average Bonchev–Trinajstić information content (AvgIpc) is 3.11. The van der Waals surface area contributed by atoms with Gasteiger partial charge < -0.3 is 4.98 Å². The maximum atomic E-state index is 12.2. The normalized spacial score (nSPS) is 12.4. The standard InChI is InChI=1S/C19H15N3OS2/c1-12(17-20-15-10-6-5-9-14(15)18(23)22-17)25-19-21-16(11-24-19)13-7-3-2-4-8-13/h2-12H,1H3,(H,20,22,23). The van der Waals surface area contributed by atoms with Crippen LogP contribution in [-0.2, 0) is 0 Å².